The number of aliphatic hydroxyl groups is 2. The van der Waals surface area contributed by atoms with Gasteiger partial charge in [0.2, 0.25) is 5.91 Å². The molecule has 0 aromatic rings. The first-order valence-corrected chi connectivity index (χ1v) is 36.5. The highest BCUT2D eigenvalue weighted by atomic mass is 16.3. The Balaban J connectivity index is 3.49. The Bertz CT molecular complexity index is 1480. The van der Waals surface area contributed by atoms with E-state index in [1.54, 1.807) is 6.08 Å². The van der Waals surface area contributed by atoms with E-state index in [4.69, 9.17) is 0 Å². The van der Waals surface area contributed by atoms with Gasteiger partial charge in [0, 0.05) is 6.42 Å². The minimum atomic E-state index is -0.875. The van der Waals surface area contributed by atoms with E-state index in [2.05, 4.69) is 104 Å². The lowest BCUT2D eigenvalue weighted by molar-refractivity contribution is -0.123. The molecule has 0 saturated carbocycles. The molecule has 0 spiro atoms. The number of rotatable bonds is 67. The van der Waals surface area contributed by atoms with Crippen LogP contribution in [0, 0.1) is 0 Å². The number of hydrogen-bond acceptors (Lipinski definition) is 3. The van der Waals surface area contributed by atoms with Crippen LogP contribution >= 0.6 is 0 Å². The summed E-state index contributed by atoms with van der Waals surface area (Å²) in [5, 5.41) is 23.3. The minimum Gasteiger partial charge on any atom is -0.394 e. The molecule has 4 heteroatoms. The molecule has 0 aliphatic rings. The second-order valence-electron chi connectivity index (χ2n) is 24.6. The van der Waals surface area contributed by atoms with E-state index in [1.807, 2.05) is 6.08 Å². The highest BCUT2D eigenvalue weighted by Gasteiger charge is 2.18. The van der Waals surface area contributed by atoms with Crippen LogP contribution in [0.2, 0.25) is 0 Å². The van der Waals surface area contributed by atoms with Crippen molar-refractivity contribution in [3.63, 3.8) is 0 Å². The van der Waals surface area contributed by atoms with Gasteiger partial charge in [-0.1, -0.05) is 374 Å². The molecule has 2 atom stereocenters. The van der Waals surface area contributed by atoms with Gasteiger partial charge in [-0.05, 0) is 89.9 Å². The summed E-state index contributed by atoms with van der Waals surface area (Å²) in [5.41, 5.74) is 0. The first kappa shape index (κ1) is 79.3. The van der Waals surface area contributed by atoms with Crippen LogP contribution in [0.3, 0.4) is 0 Å². The van der Waals surface area contributed by atoms with E-state index >= 15 is 0 Å². The Morgan fingerprint density at radius 2 is 0.549 bits per heavy atom. The highest BCUT2D eigenvalue weighted by Crippen LogP contribution is 2.18. The Labute approximate surface area is 513 Å². The van der Waals surface area contributed by atoms with Crippen LogP contribution in [0.15, 0.2) is 97.2 Å². The van der Waals surface area contributed by atoms with E-state index in [1.165, 1.54) is 283 Å². The number of aliphatic hydroxyl groups excluding tert-OH is 2. The van der Waals surface area contributed by atoms with Gasteiger partial charge in [-0.2, -0.15) is 0 Å². The van der Waals surface area contributed by atoms with Crippen molar-refractivity contribution in [3.8, 4) is 0 Å². The lowest BCUT2D eigenvalue weighted by atomic mass is 10.0. The summed E-state index contributed by atoms with van der Waals surface area (Å²) < 4.78 is 0. The molecule has 82 heavy (non-hydrogen) atoms. The lowest BCUT2D eigenvalue weighted by Crippen LogP contribution is -2.45. The Morgan fingerprint density at radius 1 is 0.305 bits per heavy atom. The number of nitrogens with one attached hydrogen (secondary N) is 1. The van der Waals surface area contributed by atoms with Crippen LogP contribution in [0.5, 0.6) is 0 Å². The summed E-state index contributed by atoms with van der Waals surface area (Å²) in [6.07, 6.45) is 108. The van der Waals surface area contributed by atoms with Crippen molar-refractivity contribution >= 4 is 5.91 Å². The first-order valence-electron chi connectivity index (χ1n) is 36.5. The fraction of sp³-hybridized carbons (Fsp3) is 0.782. The third-order valence-corrected chi connectivity index (χ3v) is 16.5. The molecule has 0 aromatic heterocycles. The van der Waals surface area contributed by atoms with Crippen LogP contribution < -0.4 is 5.32 Å². The second kappa shape index (κ2) is 72.6. The smallest absolute Gasteiger partial charge is 0.220 e. The second-order valence-corrected chi connectivity index (χ2v) is 24.6. The molecule has 0 aromatic carbocycles. The van der Waals surface area contributed by atoms with Gasteiger partial charge in [0.1, 0.15) is 0 Å². The van der Waals surface area contributed by atoms with Crippen molar-refractivity contribution in [2.45, 2.75) is 386 Å². The summed E-state index contributed by atoms with van der Waals surface area (Å²) in [6.45, 7) is 4.21. The molecule has 4 nitrogen and oxygen atoms in total. The van der Waals surface area contributed by atoms with Gasteiger partial charge < -0.3 is 15.5 Å². The zero-order valence-corrected chi connectivity index (χ0v) is 55.0. The van der Waals surface area contributed by atoms with Crippen LogP contribution in [-0.2, 0) is 4.79 Å². The van der Waals surface area contributed by atoms with Crippen LogP contribution in [0.25, 0.3) is 0 Å². The largest absolute Gasteiger partial charge is 0.394 e. The van der Waals surface area contributed by atoms with Crippen molar-refractivity contribution in [2.24, 2.45) is 0 Å². The van der Waals surface area contributed by atoms with Gasteiger partial charge in [-0.3, -0.25) is 4.79 Å². The number of carbonyl (C=O) groups excluding carboxylic acids is 1. The molecule has 0 fully saturated rings. The van der Waals surface area contributed by atoms with Gasteiger partial charge in [-0.15, -0.1) is 0 Å². The maximum atomic E-state index is 12.5. The lowest BCUT2D eigenvalue weighted by Gasteiger charge is -2.19. The monoisotopic (exact) mass is 1140 g/mol. The molecule has 2 unspecified atom stereocenters. The summed E-state index contributed by atoms with van der Waals surface area (Å²) in [7, 11) is 0. The summed E-state index contributed by atoms with van der Waals surface area (Å²) in [6, 6.07) is -0.651. The molecule has 1 amide bonds. The predicted molar refractivity (Wildman–Crippen MR) is 368 cm³/mol. The van der Waals surface area contributed by atoms with Gasteiger partial charge in [0.05, 0.1) is 18.8 Å². The normalized spacial score (nSPS) is 13.3. The molecule has 3 N–H and O–H groups in total. The molecule has 0 radical (unpaired) electrons. The summed E-state index contributed by atoms with van der Waals surface area (Å²) >= 11 is 0. The van der Waals surface area contributed by atoms with Crippen LogP contribution in [-0.4, -0.2) is 34.9 Å². The molecule has 0 aliphatic carbocycles. The molecule has 0 saturated heterocycles. The zero-order chi connectivity index (χ0) is 59.1. The molecule has 0 bridgehead atoms. The summed E-state index contributed by atoms with van der Waals surface area (Å²) in [5.74, 6) is -0.0739. The fourth-order valence-electron chi connectivity index (χ4n) is 11.1. The molecule has 0 aliphatic heterocycles. The predicted octanol–water partition coefficient (Wildman–Crippen LogP) is 25.2. The average Bonchev–Trinajstić information content (AvgIpc) is 3.50. The molecular formula is C78H141NO3. The minimum absolute atomic E-state index is 0.0739. The maximum Gasteiger partial charge on any atom is 0.220 e. The Morgan fingerprint density at radius 3 is 0.854 bits per heavy atom. The van der Waals surface area contributed by atoms with E-state index in [0.29, 0.717) is 6.42 Å². The van der Waals surface area contributed by atoms with E-state index in [0.717, 1.165) is 70.6 Å². The van der Waals surface area contributed by atoms with E-state index in [9.17, 15) is 15.0 Å². The third kappa shape index (κ3) is 68.1. The van der Waals surface area contributed by atoms with Gasteiger partial charge in [0.15, 0.2) is 0 Å². The quantitative estimate of drug-likeness (QED) is 0.0420. The highest BCUT2D eigenvalue weighted by molar-refractivity contribution is 5.76. The van der Waals surface area contributed by atoms with E-state index in [-0.39, 0.29) is 12.5 Å². The molecular weight excluding hydrogens is 999 g/mol. The van der Waals surface area contributed by atoms with Crippen molar-refractivity contribution in [1.82, 2.24) is 5.32 Å². The summed E-state index contributed by atoms with van der Waals surface area (Å²) in [4.78, 5) is 12.5. The first-order chi connectivity index (χ1) is 40.7. The molecule has 476 valence electrons. The topological polar surface area (TPSA) is 69.6 Å². The molecule has 0 rings (SSSR count). The van der Waals surface area contributed by atoms with Crippen molar-refractivity contribution in [1.29, 1.82) is 0 Å². The Hall–Kier alpha value is -2.69. The molecule has 0 heterocycles. The average molecular weight is 1140 g/mol. The SMILES string of the molecule is CC/C=C\C/C=C\C/C=C\C/C=C\C/C=C\CCCCCCCCCCCCCCCCCCCCCCCC(=O)NC(CO)C(O)/C=C/CC/C=C/CC/C=C/CCCCCCCCCCCCCCCCCCCCCCCCC. The van der Waals surface area contributed by atoms with Crippen LogP contribution in [0.4, 0.5) is 0 Å². The number of allylic oxidation sites excluding steroid dienone is 15. The van der Waals surface area contributed by atoms with Crippen molar-refractivity contribution in [2.75, 3.05) is 6.61 Å². The van der Waals surface area contributed by atoms with Gasteiger partial charge >= 0.3 is 0 Å². The van der Waals surface area contributed by atoms with Crippen molar-refractivity contribution in [3.05, 3.63) is 97.2 Å². The number of amides is 1. The zero-order valence-electron chi connectivity index (χ0n) is 55.0. The maximum absolute atomic E-state index is 12.5. The van der Waals surface area contributed by atoms with Gasteiger partial charge in [-0.25, -0.2) is 0 Å². The standard InChI is InChI=1S/C78H141NO3/c1-3-5-7-9-11-13-15-17-19-21-23-25-27-29-31-33-35-37-38-39-40-42-44-46-48-50-52-54-56-58-60-62-64-66-68-70-72-74-78(82)79-76(75-80)77(81)73-71-69-67-65-63-61-59-57-55-53-51-49-47-45-43-41-36-34-32-30-28-26-24-22-20-18-16-14-12-10-8-6-4-2/h5,7,11,13,17,19,23,25,29,31,55,57,63,65,71,73,76-77,80-81H,3-4,6,8-10,12,14-16,18,20-22,24,26-28,30,32-54,56,58-62,64,66-70,72,74-75H2,1-2H3,(H,79,82)/b7-5-,13-11-,19-17-,25-23-,31-29-,57-55+,65-63+,73-71+. The van der Waals surface area contributed by atoms with E-state index < -0.39 is 12.1 Å². The number of hydrogen-bond donors (Lipinski definition) is 3. The van der Waals surface area contributed by atoms with Gasteiger partial charge in [0.25, 0.3) is 0 Å². The fourth-order valence-corrected chi connectivity index (χ4v) is 11.1. The Kier molecular flexibility index (Phi) is 70.2. The number of carbonyl (C=O) groups is 1. The van der Waals surface area contributed by atoms with Crippen LogP contribution in [0.1, 0.15) is 373 Å². The third-order valence-electron chi connectivity index (χ3n) is 16.5. The number of unbranched alkanes of at least 4 members (excludes halogenated alkanes) is 46. The van der Waals surface area contributed by atoms with Crippen molar-refractivity contribution < 1.29 is 15.0 Å².